The van der Waals surface area contributed by atoms with Crippen LogP contribution in [0.4, 0.5) is 0 Å². The predicted molar refractivity (Wildman–Crippen MR) is 96.2 cm³/mol. The van der Waals surface area contributed by atoms with Crippen molar-refractivity contribution in [1.82, 2.24) is 5.32 Å². The van der Waals surface area contributed by atoms with Gasteiger partial charge in [0.05, 0.1) is 5.60 Å². The molecule has 3 nitrogen and oxygen atoms in total. The summed E-state index contributed by atoms with van der Waals surface area (Å²) in [5.41, 5.74) is 1.82. The van der Waals surface area contributed by atoms with Crippen LogP contribution in [-0.4, -0.2) is 23.7 Å². The number of carbonyl (C=O) groups excluding carboxylic acids is 1. The first-order chi connectivity index (χ1) is 11.7. The van der Waals surface area contributed by atoms with Gasteiger partial charge in [-0.25, -0.2) is 0 Å². The van der Waals surface area contributed by atoms with Crippen LogP contribution in [0.15, 0.2) is 54.6 Å². The lowest BCUT2D eigenvalue weighted by Crippen LogP contribution is -2.40. The molecule has 0 radical (unpaired) electrons. The van der Waals surface area contributed by atoms with Crippen molar-refractivity contribution in [1.29, 1.82) is 0 Å². The van der Waals surface area contributed by atoms with E-state index in [9.17, 15) is 9.90 Å². The molecule has 0 spiro atoms. The van der Waals surface area contributed by atoms with Gasteiger partial charge in [0.15, 0.2) is 0 Å². The lowest BCUT2D eigenvalue weighted by molar-refractivity contribution is -0.0111. The highest BCUT2D eigenvalue weighted by molar-refractivity contribution is 5.95. The number of benzene rings is 2. The third-order valence-corrected chi connectivity index (χ3v) is 5.13. The van der Waals surface area contributed by atoms with Gasteiger partial charge in [0, 0.05) is 18.5 Å². The monoisotopic (exact) mass is 323 g/mol. The lowest BCUT2D eigenvalue weighted by atomic mass is 9.69. The number of rotatable bonds is 4. The molecule has 0 aromatic heterocycles. The highest BCUT2D eigenvalue weighted by Crippen LogP contribution is 2.44. The summed E-state index contributed by atoms with van der Waals surface area (Å²) in [7, 11) is 1.64. The first-order valence-corrected chi connectivity index (χ1v) is 8.74. The molecule has 2 aromatic rings. The minimum atomic E-state index is -0.802. The van der Waals surface area contributed by atoms with Gasteiger partial charge in [-0.05, 0) is 30.0 Å². The summed E-state index contributed by atoms with van der Waals surface area (Å²) in [6.45, 7) is 0. The van der Waals surface area contributed by atoms with Crippen LogP contribution in [0, 0.1) is 0 Å². The van der Waals surface area contributed by atoms with Crippen LogP contribution in [0.1, 0.15) is 59.5 Å². The number of nitrogens with one attached hydrogen (secondary N) is 1. The number of amides is 1. The second kappa shape index (κ2) is 7.18. The summed E-state index contributed by atoms with van der Waals surface area (Å²) in [4.78, 5) is 12.4. The highest BCUT2D eigenvalue weighted by atomic mass is 16.3. The van der Waals surface area contributed by atoms with E-state index in [0.717, 1.165) is 36.8 Å². The van der Waals surface area contributed by atoms with Crippen LogP contribution in [-0.2, 0) is 0 Å². The number of aliphatic hydroxyl groups is 1. The molecular formula is C21H25NO2. The van der Waals surface area contributed by atoms with Crippen LogP contribution >= 0.6 is 0 Å². The van der Waals surface area contributed by atoms with Gasteiger partial charge in [0.1, 0.15) is 0 Å². The second-order valence-electron chi connectivity index (χ2n) is 6.67. The third kappa shape index (κ3) is 3.22. The fourth-order valence-electron chi connectivity index (χ4n) is 3.97. The average molecular weight is 323 g/mol. The molecule has 1 saturated carbocycles. The maximum atomic E-state index is 12.4. The number of carbonyl (C=O) groups is 1. The summed E-state index contributed by atoms with van der Waals surface area (Å²) in [6.07, 6.45) is 4.77. The van der Waals surface area contributed by atoms with Crippen molar-refractivity contribution in [2.75, 3.05) is 7.05 Å². The minimum Gasteiger partial charge on any atom is -0.389 e. The third-order valence-electron chi connectivity index (χ3n) is 5.13. The Hall–Kier alpha value is -2.13. The first kappa shape index (κ1) is 16.7. The van der Waals surface area contributed by atoms with Crippen molar-refractivity contribution in [2.45, 2.75) is 43.6 Å². The molecule has 3 heteroatoms. The molecule has 0 bridgehead atoms. The van der Waals surface area contributed by atoms with Crippen LogP contribution < -0.4 is 5.32 Å². The van der Waals surface area contributed by atoms with Gasteiger partial charge in [0.2, 0.25) is 0 Å². The number of hydrogen-bond acceptors (Lipinski definition) is 2. The molecule has 2 aromatic carbocycles. The van der Waals surface area contributed by atoms with Crippen molar-refractivity contribution in [3.05, 3.63) is 71.3 Å². The Balaban J connectivity index is 2.14. The quantitative estimate of drug-likeness (QED) is 0.897. The predicted octanol–water partition coefficient (Wildman–Crippen LogP) is 3.87. The molecule has 1 atom stereocenters. The fraction of sp³-hybridized carbons (Fsp3) is 0.381. The Morgan fingerprint density at radius 3 is 2.29 bits per heavy atom. The zero-order valence-corrected chi connectivity index (χ0v) is 14.2. The van der Waals surface area contributed by atoms with E-state index in [4.69, 9.17) is 0 Å². The Morgan fingerprint density at radius 1 is 1.00 bits per heavy atom. The molecule has 1 aliphatic carbocycles. The average Bonchev–Trinajstić information content (AvgIpc) is 2.63. The second-order valence-corrected chi connectivity index (χ2v) is 6.67. The molecule has 3 rings (SSSR count). The zero-order valence-electron chi connectivity index (χ0n) is 14.2. The Morgan fingerprint density at radius 2 is 1.62 bits per heavy atom. The maximum absolute atomic E-state index is 12.4. The van der Waals surface area contributed by atoms with Crippen molar-refractivity contribution in [3.8, 4) is 0 Å². The smallest absolute Gasteiger partial charge is 0.251 e. The van der Waals surface area contributed by atoms with Crippen LogP contribution in [0.5, 0.6) is 0 Å². The van der Waals surface area contributed by atoms with Crippen molar-refractivity contribution >= 4 is 5.91 Å². The standard InChI is InChI=1S/C21H25NO2/c1-22-20(23)18-13-7-6-12-17(18)19(16-10-4-2-5-11-16)21(24)14-8-3-9-15-21/h2,4-7,10-13,19,24H,3,8-9,14-15H2,1H3,(H,22,23)/t19-/m0/s1. The van der Waals surface area contributed by atoms with Crippen LogP contribution in [0.3, 0.4) is 0 Å². The lowest BCUT2D eigenvalue weighted by Gasteiger charge is -2.40. The van der Waals surface area contributed by atoms with E-state index in [-0.39, 0.29) is 11.8 Å². The van der Waals surface area contributed by atoms with Gasteiger partial charge in [-0.15, -0.1) is 0 Å². The topological polar surface area (TPSA) is 49.3 Å². The molecule has 0 saturated heterocycles. The summed E-state index contributed by atoms with van der Waals surface area (Å²) in [5, 5.41) is 14.2. The minimum absolute atomic E-state index is 0.106. The Labute approximate surface area is 143 Å². The molecule has 0 unspecified atom stereocenters. The van der Waals surface area contributed by atoms with Gasteiger partial charge in [-0.2, -0.15) is 0 Å². The molecule has 24 heavy (non-hydrogen) atoms. The zero-order chi connectivity index (χ0) is 17.0. The molecule has 1 amide bonds. The molecule has 1 fully saturated rings. The first-order valence-electron chi connectivity index (χ1n) is 8.74. The van der Waals surface area contributed by atoms with Crippen LogP contribution in [0.25, 0.3) is 0 Å². The Kier molecular flexibility index (Phi) is 5.00. The van der Waals surface area contributed by atoms with E-state index in [1.807, 2.05) is 42.5 Å². The molecule has 2 N–H and O–H groups in total. The summed E-state index contributed by atoms with van der Waals surface area (Å²) < 4.78 is 0. The van der Waals surface area contributed by atoms with Gasteiger partial charge >= 0.3 is 0 Å². The summed E-state index contributed by atoms with van der Waals surface area (Å²) in [6, 6.07) is 17.7. The van der Waals surface area contributed by atoms with Gasteiger partial charge in [0.25, 0.3) is 5.91 Å². The highest BCUT2D eigenvalue weighted by Gasteiger charge is 2.40. The normalized spacial score (nSPS) is 17.9. The molecular weight excluding hydrogens is 298 g/mol. The Bertz CT molecular complexity index is 690. The van der Waals surface area contributed by atoms with Crippen molar-refractivity contribution in [2.24, 2.45) is 0 Å². The van der Waals surface area contributed by atoms with E-state index in [2.05, 4.69) is 17.4 Å². The van der Waals surface area contributed by atoms with Crippen molar-refractivity contribution < 1.29 is 9.90 Å². The van der Waals surface area contributed by atoms with E-state index >= 15 is 0 Å². The molecule has 126 valence electrons. The maximum Gasteiger partial charge on any atom is 0.251 e. The molecule has 1 aliphatic rings. The summed E-state index contributed by atoms with van der Waals surface area (Å²) >= 11 is 0. The SMILES string of the molecule is CNC(=O)c1ccccc1[C@H](c1ccccc1)C1(O)CCCCC1. The summed E-state index contributed by atoms with van der Waals surface area (Å²) in [5.74, 6) is -0.293. The van der Waals surface area contributed by atoms with Gasteiger partial charge < -0.3 is 10.4 Å². The van der Waals surface area contributed by atoms with Gasteiger partial charge in [-0.3, -0.25) is 4.79 Å². The van der Waals surface area contributed by atoms with Crippen LogP contribution in [0.2, 0.25) is 0 Å². The van der Waals surface area contributed by atoms with E-state index in [0.29, 0.717) is 5.56 Å². The van der Waals surface area contributed by atoms with E-state index in [1.165, 1.54) is 6.42 Å². The number of hydrogen-bond donors (Lipinski definition) is 2. The van der Waals surface area contributed by atoms with E-state index in [1.54, 1.807) is 7.05 Å². The van der Waals surface area contributed by atoms with Gasteiger partial charge in [-0.1, -0.05) is 67.8 Å². The largest absolute Gasteiger partial charge is 0.389 e. The molecule has 0 aliphatic heterocycles. The van der Waals surface area contributed by atoms with E-state index < -0.39 is 5.60 Å². The molecule has 0 heterocycles. The van der Waals surface area contributed by atoms with Crippen molar-refractivity contribution in [3.63, 3.8) is 0 Å². The fourth-order valence-corrected chi connectivity index (χ4v) is 3.97.